The number of nitrogens with two attached hydrogens (primary N) is 1. The van der Waals surface area contributed by atoms with Crippen LogP contribution in [0.3, 0.4) is 0 Å². The number of piperidine rings is 1. The molecule has 15 heteroatoms. The lowest BCUT2D eigenvalue weighted by atomic mass is 9.73. The monoisotopic (exact) mass is 743 g/mol. The summed E-state index contributed by atoms with van der Waals surface area (Å²) in [7, 11) is 0. The minimum atomic E-state index is -0.729. The summed E-state index contributed by atoms with van der Waals surface area (Å²) < 4.78 is 38.7. The van der Waals surface area contributed by atoms with Crippen LogP contribution in [0.2, 0.25) is 5.02 Å². The van der Waals surface area contributed by atoms with Gasteiger partial charge in [0.05, 0.1) is 26.9 Å². The van der Waals surface area contributed by atoms with E-state index in [1.165, 1.54) is 12.1 Å². The first-order valence-corrected chi connectivity index (χ1v) is 19.0. The summed E-state index contributed by atoms with van der Waals surface area (Å²) >= 11 is 7.87. The van der Waals surface area contributed by atoms with Crippen molar-refractivity contribution in [2.24, 2.45) is 5.41 Å². The average Bonchev–Trinajstić information content (AvgIpc) is 3.79. The van der Waals surface area contributed by atoms with E-state index in [1.807, 2.05) is 4.90 Å². The van der Waals surface area contributed by atoms with E-state index in [9.17, 15) is 19.7 Å². The van der Waals surface area contributed by atoms with Crippen LogP contribution in [0.25, 0.3) is 32.1 Å². The van der Waals surface area contributed by atoms with Gasteiger partial charge in [0.1, 0.15) is 40.9 Å². The van der Waals surface area contributed by atoms with Crippen LogP contribution in [0.5, 0.6) is 6.01 Å². The molecular formula is C37H36ClF2N9O2S. The molecule has 4 aromatic rings. The Balaban J connectivity index is 1.12. The molecular weight excluding hydrogens is 708 g/mol. The topological polar surface area (TPSA) is 139 Å². The number of hydrogen-bond acceptors (Lipinski definition) is 10. The number of hydrogen-bond donors (Lipinski definition) is 1. The number of benzene rings is 2. The van der Waals surface area contributed by atoms with Crippen LogP contribution in [0, 0.1) is 39.7 Å². The third kappa shape index (κ3) is 5.06. The molecule has 2 N–H and O–H groups in total. The lowest BCUT2D eigenvalue weighted by Gasteiger charge is -2.56. The van der Waals surface area contributed by atoms with E-state index in [0.717, 1.165) is 63.0 Å². The molecule has 5 aliphatic rings. The van der Waals surface area contributed by atoms with Crippen molar-refractivity contribution in [2.75, 3.05) is 63.1 Å². The van der Waals surface area contributed by atoms with Crippen molar-refractivity contribution in [2.45, 2.75) is 56.5 Å². The SMILES string of the molecule is N#Cc1c(N)sc2c(F)ccc(-c3c(Cl)cc4c(N5CCCC6(CN(C(=O)N7CC[C@H]7C#N)C6)C5)nc(OCC56CCCN5CCC6)nc4c3F)c12. The highest BCUT2D eigenvalue weighted by molar-refractivity contribution is 7.23. The third-order valence-corrected chi connectivity index (χ3v) is 13.3. The number of anilines is 2. The van der Waals surface area contributed by atoms with Gasteiger partial charge < -0.3 is 25.2 Å². The number of aromatic nitrogens is 2. The molecule has 7 heterocycles. The number of carbonyl (C=O) groups excluding carboxylic acids is 1. The van der Waals surface area contributed by atoms with E-state index in [2.05, 4.69) is 26.9 Å². The molecule has 2 aromatic carbocycles. The van der Waals surface area contributed by atoms with Crippen molar-refractivity contribution < 1.29 is 18.3 Å². The summed E-state index contributed by atoms with van der Waals surface area (Å²) in [6, 6.07) is 8.15. The van der Waals surface area contributed by atoms with Crippen molar-refractivity contribution in [3.05, 3.63) is 40.4 Å². The molecule has 1 spiro atoms. The third-order valence-electron chi connectivity index (χ3n) is 12.0. The summed E-state index contributed by atoms with van der Waals surface area (Å²) in [4.78, 5) is 30.8. The highest BCUT2D eigenvalue weighted by atomic mass is 35.5. The minimum absolute atomic E-state index is 0.00893. The number of thiophene rings is 1. The van der Waals surface area contributed by atoms with Crippen LogP contribution in [-0.4, -0.2) is 94.7 Å². The molecule has 11 nitrogen and oxygen atoms in total. The fourth-order valence-corrected chi connectivity index (χ4v) is 10.6. The Morgan fingerprint density at radius 2 is 1.85 bits per heavy atom. The number of amides is 2. The van der Waals surface area contributed by atoms with Gasteiger partial charge in [0.2, 0.25) is 0 Å². The summed E-state index contributed by atoms with van der Waals surface area (Å²) in [5, 5.41) is 20.1. The summed E-state index contributed by atoms with van der Waals surface area (Å²) in [5.41, 5.74) is 6.16. The van der Waals surface area contributed by atoms with Gasteiger partial charge in [-0.2, -0.15) is 20.5 Å². The zero-order chi connectivity index (χ0) is 35.9. The Bertz CT molecular complexity index is 2240. The van der Waals surface area contributed by atoms with Gasteiger partial charge in [0, 0.05) is 54.5 Å². The Hall–Kier alpha value is -4.50. The van der Waals surface area contributed by atoms with Gasteiger partial charge in [-0.3, -0.25) is 4.90 Å². The highest BCUT2D eigenvalue weighted by Crippen LogP contribution is 2.47. The second-order valence-electron chi connectivity index (χ2n) is 15.0. The Labute approximate surface area is 308 Å². The molecule has 52 heavy (non-hydrogen) atoms. The average molecular weight is 744 g/mol. The Morgan fingerprint density at radius 1 is 1.08 bits per heavy atom. The molecule has 0 bridgehead atoms. The summed E-state index contributed by atoms with van der Waals surface area (Å²) in [6.45, 7) is 5.40. The van der Waals surface area contributed by atoms with Crippen LogP contribution in [0.15, 0.2) is 18.2 Å². The van der Waals surface area contributed by atoms with E-state index < -0.39 is 11.6 Å². The van der Waals surface area contributed by atoms with Gasteiger partial charge in [0.25, 0.3) is 0 Å². The number of likely N-dealkylation sites (tertiary alicyclic amines) is 2. The van der Waals surface area contributed by atoms with Crippen LogP contribution >= 0.6 is 22.9 Å². The Kier molecular flexibility index (Phi) is 7.88. The first kappa shape index (κ1) is 33.3. The molecule has 5 saturated heterocycles. The predicted molar refractivity (Wildman–Crippen MR) is 194 cm³/mol. The predicted octanol–water partition coefficient (Wildman–Crippen LogP) is 6.52. The molecule has 0 aliphatic carbocycles. The number of carbonyl (C=O) groups is 1. The lowest BCUT2D eigenvalue weighted by molar-refractivity contribution is -0.00462. The molecule has 2 amide bonds. The zero-order valence-corrected chi connectivity index (χ0v) is 30.0. The smallest absolute Gasteiger partial charge is 0.321 e. The molecule has 0 unspecified atom stereocenters. The van der Waals surface area contributed by atoms with Gasteiger partial charge in [-0.25, -0.2) is 13.6 Å². The van der Waals surface area contributed by atoms with E-state index in [1.54, 1.807) is 11.0 Å². The second-order valence-corrected chi connectivity index (χ2v) is 16.5. The lowest BCUT2D eigenvalue weighted by Crippen LogP contribution is -2.68. The van der Waals surface area contributed by atoms with E-state index in [-0.39, 0.29) is 71.4 Å². The number of urea groups is 1. The molecule has 268 valence electrons. The van der Waals surface area contributed by atoms with Crippen molar-refractivity contribution in [3.8, 4) is 29.3 Å². The maximum atomic E-state index is 17.2. The molecule has 0 radical (unpaired) electrons. The number of fused-ring (bicyclic) bond motifs is 3. The number of rotatable bonds is 5. The first-order chi connectivity index (χ1) is 25.1. The van der Waals surface area contributed by atoms with E-state index in [0.29, 0.717) is 57.0 Å². The standard InChI is InChI=1S/C37H36ClF2N9O2S/c38-25-14-23-30(29(40)28(25)22-4-5-26(39)31-27(22)24(16-42)32(43)52-31)44-34(51-20-37-8-2-11-48(37)12-3-9-37)45-33(23)46-10-1-7-36(17-46)18-47(19-36)35(50)49-13-6-21(49)15-41/h4-5,14,21H,1-3,6-13,17-20,43H2/t21-/m0/s1. The fraction of sp³-hybridized carbons (Fsp3) is 0.486. The van der Waals surface area contributed by atoms with E-state index >= 15 is 4.39 Å². The second kappa shape index (κ2) is 12.3. The van der Waals surface area contributed by atoms with Crippen LogP contribution in [0.4, 0.5) is 24.4 Å². The van der Waals surface area contributed by atoms with Gasteiger partial charge in [-0.15, -0.1) is 11.3 Å². The van der Waals surface area contributed by atoms with Gasteiger partial charge in [-0.1, -0.05) is 17.7 Å². The highest BCUT2D eigenvalue weighted by Gasteiger charge is 2.50. The van der Waals surface area contributed by atoms with Crippen molar-refractivity contribution in [1.29, 1.82) is 10.5 Å². The largest absolute Gasteiger partial charge is 0.461 e. The minimum Gasteiger partial charge on any atom is -0.461 e. The number of halogens is 3. The summed E-state index contributed by atoms with van der Waals surface area (Å²) in [6.07, 6.45) is 6.69. The van der Waals surface area contributed by atoms with Crippen LogP contribution in [0.1, 0.15) is 50.5 Å². The van der Waals surface area contributed by atoms with Crippen molar-refractivity contribution >= 4 is 60.8 Å². The first-order valence-electron chi connectivity index (χ1n) is 17.8. The molecule has 5 aliphatic heterocycles. The maximum absolute atomic E-state index is 17.2. The van der Waals surface area contributed by atoms with Crippen molar-refractivity contribution in [3.63, 3.8) is 0 Å². The van der Waals surface area contributed by atoms with E-state index in [4.69, 9.17) is 27.1 Å². The molecule has 2 aromatic heterocycles. The molecule has 9 rings (SSSR count). The molecule has 5 fully saturated rings. The number of nitrogen functional groups attached to an aromatic ring is 1. The van der Waals surface area contributed by atoms with Crippen molar-refractivity contribution in [1.82, 2.24) is 24.7 Å². The zero-order valence-electron chi connectivity index (χ0n) is 28.4. The van der Waals surface area contributed by atoms with Crippen LogP contribution in [-0.2, 0) is 0 Å². The summed E-state index contributed by atoms with van der Waals surface area (Å²) in [5.74, 6) is -0.794. The van der Waals surface area contributed by atoms with Gasteiger partial charge in [0.15, 0.2) is 5.82 Å². The fourth-order valence-electron chi connectivity index (χ4n) is 9.36. The number of ether oxygens (including phenoxy) is 1. The van der Waals surface area contributed by atoms with Crippen LogP contribution < -0.4 is 15.4 Å². The molecule has 1 atom stereocenters. The van der Waals surface area contributed by atoms with Gasteiger partial charge >= 0.3 is 12.0 Å². The molecule has 0 saturated carbocycles. The Morgan fingerprint density at radius 3 is 2.56 bits per heavy atom. The number of nitriles is 2. The normalized spacial score (nSPS) is 21.9. The number of nitrogens with zero attached hydrogens (tertiary/aromatic N) is 8. The maximum Gasteiger partial charge on any atom is 0.321 e. The quantitative estimate of drug-likeness (QED) is 0.242. The van der Waals surface area contributed by atoms with Gasteiger partial charge in [-0.05, 0) is 75.7 Å².